The molecule has 150 valence electrons. The quantitative estimate of drug-likeness (QED) is 0.305. The van der Waals surface area contributed by atoms with E-state index in [9.17, 15) is 4.79 Å². The first-order valence-electron chi connectivity index (χ1n) is 9.26. The molecule has 0 amide bonds. The van der Waals surface area contributed by atoms with Crippen molar-refractivity contribution in [3.8, 4) is 0 Å². The van der Waals surface area contributed by atoms with Gasteiger partial charge in [-0.25, -0.2) is 4.98 Å². The molecule has 0 fully saturated rings. The fraction of sp³-hybridized carbons (Fsp3) is 0.300. The van der Waals surface area contributed by atoms with Crippen molar-refractivity contribution in [1.82, 2.24) is 19.7 Å². The minimum absolute atomic E-state index is 0.157. The minimum atomic E-state index is -0.181. The molecule has 7 nitrogen and oxygen atoms in total. The van der Waals surface area contributed by atoms with Gasteiger partial charge in [-0.15, -0.1) is 0 Å². The number of aryl methyl sites for hydroxylation is 1. The predicted octanol–water partition coefficient (Wildman–Crippen LogP) is 4.88. The standard InChI is InChI=1S/C20H19ClN4O3S/c1-3-5-17-23-18(28-24-17)12(2)29-20-22-16-10-13(21)7-8-15(16)19(26)25(20)11-14-6-4-9-27-14/h4,6-10,12H,3,5,11H2,1-2H3/t12-/m0/s1. The van der Waals surface area contributed by atoms with Gasteiger partial charge >= 0.3 is 0 Å². The van der Waals surface area contributed by atoms with E-state index in [1.807, 2.05) is 13.0 Å². The molecule has 0 aliphatic carbocycles. The largest absolute Gasteiger partial charge is 0.467 e. The van der Waals surface area contributed by atoms with E-state index in [0.717, 1.165) is 12.8 Å². The zero-order chi connectivity index (χ0) is 20.4. The molecule has 0 saturated heterocycles. The van der Waals surface area contributed by atoms with Gasteiger partial charge in [-0.1, -0.05) is 35.4 Å². The fourth-order valence-electron chi connectivity index (χ4n) is 2.93. The third kappa shape index (κ3) is 4.23. The Kier molecular flexibility index (Phi) is 5.73. The summed E-state index contributed by atoms with van der Waals surface area (Å²) in [6.07, 6.45) is 3.28. The molecule has 1 atom stereocenters. The molecule has 0 radical (unpaired) electrons. The molecule has 29 heavy (non-hydrogen) atoms. The van der Waals surface area contributed by atoms with Crippen molar-refractivity contribution < 1.29 is 8.94 Å². The van der Waals surface area contributed by atoms with Gasteiger partial charge in [-0.2, -0.15) is 4.98 Å². The Morgan fingerprint density at radius 2 is 2.14 bits per heavy atom. The maximum Gasteiger partial charge on any atom is 0.262 e. The molecule has 0 spiro atoms. The van der Waals surface area contributed by atoms with Crippen molar-refractivity contribution in [2.75, 3.05) is 0 Å². The Balaban J connectivity index is 1.74. The summed E-state index contributed by atoms with van der Waals surface area (Å²) in [5.74, 6) is 1.85. The number of aromatic nitrogens is 4. The fourth-order valence-corrected chi connectivity index (χ4v) is 4.03. The molecule has 0 aliphatic rings. The highest BCUT2D eigenvalue weighted by atomic mass is 35.5. The topological polar surface area (TPSA) is 87.0 Å². The van der Waals surface area contributed by atoms with Crippen molar-refractivity contribution in [3.05, 3.63) is 69.4 Å². The van der Waals surface area contributed by atoms with Crippen LogP contribution in [0.2, 0.25) is 5.02 Å². The second-order valence-electron chi connectivity index (χ2n) is 6.59. The molecule has 0 N–H and O–H groups in total. The molecule has 0 unspecified atom stereocenters. The van der Waals surface area contributed by atoms with Crippen molar-refractivity contribution in [1.29, 1.82) is 0 Å². The monoisotopic (exact) mass is 430 g/mol. The summed E-state index contributed by atoms with van der Waals surface area (Å²) in [5, 5.41) is 5.39. The van der Waals surface area contributed by atoms with Gasteiger partial charge in [-0.05, 0) is 43.7 Å². The van der Waals surface area contributed by atoms with Crippen LogP contribution in [0.5, 0.6) is 0 Å². The van der Waals surface area contributed by atoms with Crippen LogP contribution in [0.1, 0.15) is 43.0 Å². The summed E-state index contributed by atoms with van der Waals surface area (Å²) in [4.78, 5) is 22.3. The average molecular weight is 431 g/mol. The Labute approximate surface area is 176 Å². The van der Waals surface area contributed by atoms with Gasteiger partial charge in [0.2, 0.25) is 5.89 Å². The van der Waals surface area contributed by atoms with Gasteiger partial charge in [0.15, 0.2) is 11.0 Å². The number of halogens is 1. The lowest BCUT2D eigenvalue weighted by Gasteiger charge is -2.14. The predicted molar refractivity (Wildman–Crippen MR) is 111 cm³/mol. The van der Waals surface area contributed by atoms with E-state index in [4.69, 9.17) is 25.5 Å². The molecule has 3 aromatic heterocycles. The summed E-state index contributed by atoms with van der Waals surface area (Å²) in [6.45, 7) is 4.28. The number of thioether (sulfide) groups is 1. The van der Waals surface area contributed by atoms with Crippen molar-refractivity contribution in [3.63, 3.8) is 0 Å². The number of rotatable bonds is 7. The summed E-state index contributed by atoms with van der Waals surface area (Å²) in [5.41, 5.74) is 0.389. The van der Waals surface area contributed by atoms with Crippen LogP contribution in [-0.4, -0.2) is 19.7 Å². The minimum Gasteiger partial charge on any atom is -0.467 e. The second-order valence-corrected chi connectivity index (χ2v) is 8.33. The van der Waals surface area contributed by atoms with Crippen molar-refractivity contribution in [2.45, 2.75) is 43.6 Å². The summed E-state index contributed by atoms with van der Waals surface area (Å²) in [6, 6.07) is 8.69. The number of nitrogens with zero attached hydrogens (tertiary/aromatic N) is 4. The molecule has 0 bridgehead atoms. The van der Waals surface area contributed by atoms with Gasteiger partial charge in [0.25, 0.3) is 5.56 Å². The highest BCUT2D eigenvalue weighted by Gasteiger charge is 2.20. The lowest BCUT2D eigenvalue weighted by atomic mass is 10.2. The Morgan fingerprint density at radius 3 is 2.90 bits per heavy atom. The SMILES string of the molecule is CCCc1noc([C@H](C)Sc2nc3cc(Cl)ccc3c(=O)n2Cc2ccco2)n1. The number of hydrogen-bond acceptors (Lipinski definition) is 7. The number of furan rings is 1. The lowest BCUT2D eigenvalue weighted by Crippen LogP contribution is -2.24. The Morgan fingerprint density at radius 1 is 1.28 bits per heavy atom. The van der Waals surface area contributed by atoms with Gasteiger partial charge in [-0.3, -0.25) is 9.36 Å². The zero-order valence-electron chi connectivity index (χ0n) is 16.0. The van der Waals surface area contributed by atoms with E-state index in [1.54, 1.807) is 35.1 Å². The van der Waals surface area contributed by atoms with Crippen molar-refractivity contribution >= 4 is 34.3 Å². The third-order valence-corrected chi connectivity index (χ3v) is 5.68. The highest BCUT2D eigenvalue weighted by molar-refractivity contribution is 7.99. The smallest absolute Gasteiger partial charge is 0.262 e. The summed E-state index contributed by atoms with van der Waals surface area (Å²) < 4.78 is 12.4. The van der Waals surface area contributed by atoms with Gasteiger partial charge < -0.3 is 8.94 Å². The van der Waals surface area contributed by atoms with Crippen molar-refractivity contribution in [2.24, 2.45) is 0 Å². The normalized spacial score (nSPS) is 12.5. The van der Waals surface area contributed by atoms with Crippen LogP contribution >= 0.6 is 23.4 Å². The highest BCUT2D eigenvalue weighted by Crippen LogP contribution is 2.33. The number of benzene rings is 1. The van der Waals surface area contributed by atoms with Crippen LogP contribution in [0.4, 0.5) is 0 Å². The summed E-state index contributed by atoms with van der Waals surface area (Å²) in [7, 11) is 0. The number of fused-ring (bicyclic) bond motifs is 1. The zero-order valence-corrected chi connectivity index (χ0v) is 17.5. The van der Waals surface area contributed by atoms with E-state index in [2.05, 4.69) is 17.1 Å². The molecule has 0 aliphatic heterocycles. The van der Waals surface area contributed by atoms with Crippen LogP contribution in [0.25, 0.3) is 10.9 Å². The van der Waals surface area contributed by atoms with E-state index in [1.165, 1.54) is 11.8 Å². The molecular weight excluding hydrogens is 412 g/mol. The van der Waals surface area contributed by atoms with Crippen LogP contribution in [0.3, 0.4) is 0 Å². The first-order valence-corrected chi connectivity index (χ1v) is 10.5. The van der Waals surface area contributed by atoms with E-state index >= 15 is 0 Å². The second kappa shape index (κ2) is 8.42. The van der Waals surface area contributed by atoms with Crippen LogP contribution in [0, 0.1) is 0 Å². The maximum absolute atomic E-state index is 13.2. The van der Waals surface area contributed by atoms with Gasteiger partial charge in [0, 0.05) is 11.4 Å². The summed E-state index contributed by atoms with van der Waals surface area (Å²) >= 11 is 7.49. The van der Waals surface area contributed by atoms with Crippen LogP contribution < -0.4 is 5.56 Å². The van der Waals surface area contributed by atoms with E-state index in [-0.39, 0.29) is 17.4 Å². The lowest BCUT2D eigenvalue weighted by molar-refractivity contribution is 0.374. The molecule has 4 aromatic rings. The maximum atomic E-state index is 13.2. The molecular formula is C20H19ClN4O3S. The molecule has 9 heteroatoms. The molecule has 4 rings (SSSR count). The van der Waals surface area contributed by atoms with Gasteiger partial charge in [0.1, 0.15) is 5.76 Å². The number of hydrogen-bond donors (Lipinski definition) is 0. The van der Waals surface area contributed by atoms with Crippen LogP contribution in [-0.2, 0) is 13.0 Å². The third-order valence-electron chi connectivity index (χ3n) is 4.36. The van der Waals surface area contributed by atoms with Gasteiger partial charge in [0.05, 0.1) is 29.0 Å². The van der Waals surface area contributed by atoms with E-state index < -0.39 is 0 Å². The first-order chi connectivity index (χ1) is 14.0. The van der Waals surface area contributed by atoms with E-state index in [0.29, 0.717) is 38.6 Å². The van der Waals surface area contributed by atoms with Crippen LogP contribution in [0.15, 0.2) is 55.5 Å². The Hall–Kier alpha value is -2.58. The average Bonchev–Trinajstić information content (AvgIpc) is 3.37. The molecule has 3 heterocycles. The Bertz CT molecular complexity index is 1190. The molecule has 1 aromatic carbocycles. The molecule has 0 saturated carbocycles. The first kappa shape index (κ1) is 19.7.